The fraction of sp³-hybridized carbons (Fsp3) is 0.545. The fourth-order valence-electron chi connectivity index (χ4n) is 1.44. The zero-order valence-corrected chi connectivity index (χ0v) is 9.93. The second kappa shape index (κ2) is 6.03. The predicted molar refractivity (Wildman–Crippen MR) is 61.3 cm³/mol. The van der Waals surface area contributed by atoms with Crippen molar-refractivity contribution in [3.63, 3.8) is 0 Å². The number of rotatable bonds is 6. The van der Waals surface area contributed by atoms with Crippen molar-refractivity contribution in [3.8, 4) is 0 Å². The van der Waals surface area contributed by atoms with Gasteiger partial charge in [0.05, 0.1) is 6.33 Å². The SMILES string of the molecule is CC(C)CC(=O)N[C@@H](Cc1cnc[nH]1)C(=O)O. The van der Waals surface area contributed by atoms with Gasteiger partial charge in [-0.1, -0.05) is 13.8 Å². The van der Waals surface area contributed by atoms with Crippen LogP contribution in [-0.4, -0.2) is 33.0 Å². The van der Waals surface area contributed by atoms with Crippen LogP contribution in [0.4, 0.5) is 0 Å². The van der Waals surface area contributed by atoms with Gasteiger partial charge in [-0.05, 0) is 5.92 Å². The van der Waals surface area contributed by atoms with Crippen molar-refractivity contribution >= 4 is 11.9 Å². The molecule has 94 valence electrons. The van der Waals surface area contributed by atoms with E-state index < -0.39 is 12.0 Å². The average Bonchev–Trinajstić information content (AvgIpc) is 2.67. The number of carboxylic acids is 1. The van der Waals surface area contributed by atoms with Crippen molar-refractivity contribution < 1.29 is 14.7 Å². The van der Waals surface area contributed by atoms with E-state index >= 15 is 0 Å². The predicted octanol–water partition coefficient (Wildman–Crippen LogP) is 0.568. The number of hydrogen-bond donors (Lipinski definition) is 3. The quantitative estimate of drug-likeness (QED) is 0.676. The minimum absolute atomic E-state index is 0.205. The molecule has 17 heavy (non-hydrogen) atoms. The highest BCUT2D eigenvalue weighted by atomic mass is 16.4. The largest absolute Gasteiger partial charge is 0.480 e. The van der Waals surface area contributed by atoms with E-state index in [0.29, 0.717) is 12.1 Å². The maximum atomic E-state index is 11.5. The Morgan fingerprint density at radius 3 is 2.71 bits per heavy atom. The van der Waals surface area contributed by atoms with Crippen LogP contribution in [0.25, 0.3) is 0 Å². The minimum atomic E-state index is -1.04. The summed E-state index contributed by atoms with van der Waals surface area (Å²) >= 11 is 0. The highest BCUT2D eigenvalue weighted by molar-refractivity contribution is 5.83. The molecule has 0 aromatic carbocycles. The van der Waals surface area contributed by atoms with E-state index in [1.807, 2.05) is 13.8 Å². The number of carbonyl (C=O) groups is 2. The Morgan fingerprint density at radius 2 is 2.24 bits per heavy atom. The van der Waals surface area contributed by atoms with Gasteiger partial charge in [0.1, 0.15) is 6.04 Å². The Morgan fingerprint density at radius 1 is 1.53 bits per heavy atom. The van der Waals surface area contributed by atoms with E-state index in [1.54, 1.807) is 6.20 Å². The highest BCUT2D eigenvalue weighted by Gasteiger charge is 2.21. The lowest BCUT2D eigenvalue weighted by Crippen LogP contribution is -2.42. The van der Waals surface area contributed by atoms with Crippen molar-refractivity contribution in [1.82, 2.24) is 15.3 Å². The van der Waals surface area contributed by atoms with Gasteiger partial charge in [0.2, 0.25) is 5.91 Å². The number of aromatic amines is 1. The number of H-pyrrole nitrogens is 1. The van der Waals surface area contributed by atoms with Crippen molar-refractivity contribution in [2.75, 3.05) is 0 Å². The maximum absolute atomic E-state index is 11.5. The van der Waals surface area contributed by atoms with Gasteiger partial charge in [-0.25, -0.2) is 9.78 Å². The Bertz CT molecular complexity index is 373. The van der Waals surface area contributed by atoms with Gasteiger partial charge in [0.25, 0.3) is 0 Å². The van der Waals surface area contributed by atoms with Gasteiger partial charge in [-0.15, -0.1) is 0 Å². The molecule has 0 unspecified atom stereocenters. The number of hydrogen-bond acceptors (Lipinski definition) is 3. The summed E-state index contributed by atoms with van der Waals surface area (Å²) in [4.78, 5) is 29.1. The highest BCUT2D eigenvalue weighted by Crippen LogP contribution is 2.02. The Balaban J connectivity index is 2.55. The van der Waals surface area contributed by atoms with Crippen LogP contribution < -0.4 is 5.32 Å². The van der Waals surface area contributed by atoms with Crippen LogP contribution in [0.2, 0.25) is 0 Å². The van der Waals surface area contributed by atoms with Gasteiger partial charge in [0.15, 0.2) is 0 Å². The third-order valence-corrected chi connectivity index (χ3v) is 2.21. The number of carboxylic acid groups (broad SMARTS) is 1. The van der Waals surface area contributed by atoms with Crippen molar-refractivity contribution in [1.29, 1.82) is 0 Å². The molecule has 3 N–H and O–H groups in total. The van der Waals surface area contributed by atoms with E-state index in [2.05, 4.69) is 15.3 Å². The first-order chi connectivity index (χ1) is 7.99. The van der Waals surface area contributed by atoms with Gasteiger partial charge in [-0.3, -0.25) is 4.79 Å². The number of nitrogens with one attached hydrogen (secondary N) is 2. The van der Waals surface area contributed by atoms with Crippen LogP contribution in [0.15, 0.2) is 12.5 Å². The molecule has 1 aromatic heterocycles. The van der Waals surface area contributed by atoms with Gasteiger partial charge in [0, 0.05) is 24.7 Å². The van der Waals surface area contributed by atoms with Crippen molar-refractivity contribution in [2.45, 2.75) is 32.7 Å². The molecule has 0 fully saturated rings. The Kier molecular flexibility index (Phi) is 4.68. The normalized spacial score (nSPS) is 12.4. The smallest absolute Gasteiger partial charge is 0.326 e. The van der Waals surface area contributed by atoms with E-state index in [4.69, 9.17) is 5.11 Å². The first-order valence-electron chi connectivity index (χ1n) is 5.48. The molecule has 0 radical (unpaired) electrons. The summed E-state index contributed by atoms with van der Waals surface area (Å²) in [6.07, 6.45) is 3.56. The summed E-state index contributed by atoms with van der Waals surface area (Å²) in [6.45, 7) is 3.81. The average molecular weight is 239 g/mol. The third kappa shape index (κ3) is 4.67. The molecular weight excluding hydrogens is 222 g/mol. The van der Waals surface area contributed by atoms with Crippen molar-refractivity contribution in [2.24, 2.45) is 5.92 Å². The molecular formula is C11H17N3O3. The molecule has 1 atom stereocenters. The van der Waals surface area contributed by atoms with Crippen LogP contribution in [-0.2, 0) is 16.0 Å². The van der Waals surface area contributed by atoms with Crippen LogP contribution >= 0.6 is 0 Å². The maximum Gasteiger partial charge on any atom is 0.326 e. The van der Waals surface area contributed by atoms with Gasteiger partial charge < -0.3 is 15.4 Å². The lowest BCUT2D eigenvalue weighted by molar-refractivity contribution is -0.141. The van der Waals surface area contributed by atoms with Gasteiger partial charge in [-0.2, -0.15) is 0 Å². The zero-order chi connectivity index (χ0) is 12.8. The molecule has 0 aliphatic carbocycles. The summed E-state index contributed by atoms with van der Waals surface area (Å²) < 4.78 is 0. The van der Waals surface area contributed by atoms with Crippen LogP contribution in [0.3, 0.4) is 0 Å². The molecule has 0 aliphatic heterocycles. The number of carbonyl (C=O) groups excluding carboxylic acids is 1. The molecule has 1 heterocycles. The third-order valence-electron chi connectivity index (χ3n) is 2.21. The second-order valence-electron chi connectivity index (χ2n) is 4.34. The second-order valence-corrected chi connectivity index (χ2v) is 4.34. The van der Waals surface area contributed by atoms with E-state index in [9.17, 15) is 9.59 Å². The van der Waals surface area contributed by atoms with E-state index in [-0.39, 0.29) is 18.2 Å². The molecule has 1 rings (SSSR count). The molecule has 0 aliphatic rings. The topological polar surface area (TPSA) is 95.1 Å². The Hall–Kier alpha value is -1.85. The van der Waals surface area contributed by atoms with Crippen LogP contribution in [0.1, 0.15) is 26.0 Å². The standard InChI is InChI=1S/C11H17N3O3/c1-7(2)3-10(15)14-9(11(16)17)4-8-5-12-6-13-8/h5-7,9H,3-4H2,1-2H3,(H,12,13)(H,14,15)(H,16,17)/t9-/m0/s1. The number of amides is 1. The summed E-state index contributed by atoms with van der Waals surface area (Å²) in [6, 6.07) is -0.915. The number of imidazole rings is 1. The fourth-order valence-corrected chi connectivity index (χ4v) is 1.44. The Labute approximate surface area is 99.4 Å². The number of aromatic nitrogens is 2. The summed E-state index contributed by atoms with van der Waals surface area (Å²) in [5.74, 6) is -1.08. The summed E-state index contributed by atoms with van der Waals surface area (Å²) in [5, 5.41) is 11.5. The molecule has 6 nitrogen and oxygen atoms in total. The lowest BCUT2D eigenvalue weighted by atomic mass is 10.1. The molecule has 1 amide bonds. The molecule has 0 saturated heterocycles. The van der Waals surface area contributed by atoms with Crippen LogP contribution in [0.5, 0.6) is 0 Å². The lowest BCUT2D eigenvalue weighted by Gasteiger charge is -2.14. The van der Waals surface area contributed by atoms with Crippen molar-refractivity contribution in [3.05, 3.63) is 18.2 Å². The first kappa shape index (κ1) is 13.2. The molecule has 0 spiro atoms. The minimum Gasteiger partial charge on any atom is -0.480 e. The number of nitrogens with zero attached hydrogens (tertiary/aromatic N) is 1. The van der Waals surface area contributed by atoms with E-state index in [1.165, 1.54) is 6.33 Å². The summed E-state index contributed by atoms with van der Waals surface area (Å²) in [5.41, 5.74) is 0.683. The molecule has 0 saturated carbocycles. The molecule has 1 aromatic rings. The zero-order valence-electron chi connectivity index (χ0n) is 9.93. The summed E-state index contributed by atoms with van der Waals surface area (Å²) in [7, 11) is 0. The van der Waals surface area contributed by atoms with E-state index in [0.717, 1.165) is 0 Å². The van der Waals surface area contributed by atoms with Crippen LogP contribution in [0, 0.1) is 5.92 Å². The monoisotopic (exact) mass is 239 g/mol. The molecule has 6 heteroatoms. The first-order valence-corrected chi connectivity index (χ1v) is 5.48. The van der Waals surface area contributed by atoms with Gasteiger partial charge >= 0.3 is 5.97 Å². The molecule has 0 bridgehead atoms. The number of aliphatic carboxylic acids is 1.